The molecule has 2 rings (SSSR count). The van der Waals surface area contributed by atoms with Crippen molar-refractivity contribution in [1.29, 1.82) is 0 Å². The third-order valence-corrected chi connectivity index (χ3v) is 3.16. The average molecular weight is 306 g/mol. The number of hydrogen-bond donors (Lipinski definition) is 1. The highest BCUT2D eigenvalue weighted by Gasteiger charge is 2.01. The zero-order valence-electron chi connectivity index (χ0n) is 6.46. The fourth-order valence-corrected chi connectivity index (χ4v) is 1.66. The SMILES string of the molecule is Nc1ncc2cc(Cl)c(I)cc2n1. The van der Waals surface area contributed by atoms with Gasteiger partial charge in [-0.15, -0.1) is 0 Å². The van der Waals surface area contributed by atoms with Gasteiger partial charge in [0, 0.05) is 15.2 Å². The van der Waals surface area contributed by atoms with Crippen molar-refractivity contribution >= 4 is 51.0 Å². The van der Waals surface area contributed by atoms with Crippen LogP contribution in [0.4, 0.5) is 5.95 Å². The highest BCUT2D eigenvalue weighted by molar-refractivity contribution is 14.1. The maximum Gasteiger partial charge on any atom is 0.220 e. The van der Waals surface area contributed by atoms with Crippen molar-refractivity contribution in [2.45, 2.75) is 0 Å². The maximum atomic E-state index is 5.93. The summed E-state index contributed by atoms with van der Waals surface area (Å²) in [6.07, 6.45) is 1.67. The van der Waals surface area contributed by atoms with Crippen LogP contribution in [-0.2, 0) is 0 Å². The van der Waals surface area contributed by atoms with Crippen LogP contribution in [0, 0.1) is 3.57 Å². The van der Waals surface area contributed by atoms with Gasteiger partial charge in [0.25, 0.3) is 0 Å². The van der Waals surface area contributed by atoms with Crippen LogP contribution >= 0.6 is 34.2 Å². The summed E-state index contributed by atoms with van der Waals surface area (Å²) in [5.41, 5.74) is 6.27. The minimum Gasteiger partial charge on any atom is -0.368 e. The van der Waals surface area contributed by atoms with Gasteiger partial charge >= 0.3 is 0 Å². The van der Waals surface area contributed by atoms with Crippen LogP contribution < -0.4 is 5.73 Å². The normalized spacial score (nSPS) is 10.6. The number of aromatic nitrogens is 2. The molecule has 5 heteroatoms. The van der Waals surface area contributed by atoms with E-state index >= 15 is 0 Å². The fraction of sp³-hybridized carbons (Fsp3) is 0. The molecule has 0 saturated carbocycles. The van der Waals surface area contributed by atoms with Crippen LogP contribution in [0.15, 0.2) is 18.3 Å². The van der Waals surface area contributed by atoms with Gasteiger partial charge in [-0.05, 0) is 34.7 Å². The average Bonchev–Trinajstić information content (AvgIpc) is 2.08. The number of hydrogen-bond acceptors (Lipinski definition) is 3. The van der Waals surface area contributed by atoms with Crippen molar-refractivity contribution in [3.05, 3.63) is 26.9 Å². The lowest BCUT2D eigenvalue weighted by molar-refractivity contribution is 1.24. The molecule has 0 saturated heterocycles. The summed E-state index contributed by atoms with van der Waals surface area (Å²) in [5, 5.41) is 1.61. The van der Waals surface area contributed by atoms with Gasteiger partial charge in [0.05, 0.1) is 10.5 Å². The van der Waals surface area contributed by atoms with Crippen molar-refractivity contribution in [1.82, 2.24) is 9.97 Å². The van der Waals surface area contributed by atoms with E-state index in [1.54, 1.807) is 6.20 Å². The highest BCUT2D eigenvalue weighted by atomic mass is 127. The first-order valence-electron chi connectivity index (χ1n) is 3.54. The Morgan fingerprint density at radius 2 is 2.15 bits per heavy atom. The molecule has 0 unspecified atom stereocenters. The Balaban J connectivity index is 2.81. The van der Waals surface area contributed by atoms with E-state index in [1.165, 1.54) is 0 Å². The van der Waals surface area contributed by atoms with E-state index < -0.39 is 0 Å². The van der Waals surface area contributed by atoms with Crippen LogP contribution in [0.1, 0.15) is 0 Å². The van der Waals surface area contributed by atoms with Crippen molar-refractivity contribution in [2.24, 2.45) is 0 Å². The first kappa shape index (κ1) is 8.96. The topological polar surface area (TPSA) is 51.8 Å². The van der Waals surface area contributed by atoms with E-state index in [1.807, 2.05) is 12.1 Å². The van der Waals surface area contributed by atoms with E-state index in [0.717, 1.165) is 14.5 Å². The van der Waals surface area contributed by atoms with Gasteiger partial charge in [-0.3, -0.25) is 0 Å². The molecule has 1 heterocycles. The lowest BCUT2D eigenvalue weighted by Gasteiger charge is -2.00. The second kappa shape index (κ2) is 3.26. The Morgan fingerprint density at radius 1 is 1.38 bits per heavy atom. The predicted molar refractivity (Wildman–Crippen MR) is 61.7 cm³/mol. The summed E-state index contributed by atoms with van der Waals surface area (Å²) in [6, 6.07) is 3.72. The molecule has 3 nitrogen and oxygen atoms in total. The van der Waals surface area contributed by atoms with E-state index in [0.29, 0.717) is 5.02 Å². The standard InChI is InChI=1S/C8H5ClIN3/c9-5-1-4-3-12-8(11)13-7(4)2-6(5)10/h1-3H,(H2,11,12,13). The fourth-order valence-electron chi connectivity index (χ4n) is 1.04. The number of nitrogen functional groups attached to an aromatic ring is 1. The Morgan fingerprint density at radius 3 is 2.92 bits per heavy atom. The van der Waals surface area contributed by atoms with E-state index in [-0.39, 0.29) is 5.95 Å². The largest absolute Gasteiger partial charge is 0.368 e. The number of halogens is 2. The summed E-state index contributed by atoms with van der Waals surface area (Å²) in [7, 11) is 0. The second-order valence-corrected chi connectivity index (χ2v) is 4.12. The quantitative estimate of drug-likeness (QED) is 0.761. The minimum absolute atomic E-state index is 0.283. The third kappa shape index (κ3) is 1.68. The van der Waals surface area contributed by atoms with Crippen LogP contribution in [0.25, 0.3) is 10.9 Å². The van der Waals surface area contributed by atoms with E-state index in [4.69, 9.17) is 17.3 Å². The van der Waals surface area contributed by atoms with Crippen molar-refractivity contribution < 1.29 is 0 Å². The van der Waals surface area contributed by atoms with Gasteiger partial charge in [0.15, 0.2) is 0 Å². The molecule has 1 aromatic heterocycles. The van der Waals surface area contributed by atoms with Gasteiger partial charge in [0.2, 0.25) is 5.95 Å². The molecule has 0 aliphatic carbocycles. The molecule has 0 fully saturated rings. The van der Waals surface area contributed by atoms with Crippen LogP contribution in [-0.4, -0.2) is 9.97 Å². The minimum atomic E-state index is 0.283. The molecule has 0 radical (unpaired) electrons. The first-order chi connectivity index (χ1) is 6.16. The van der Waals surface area contributed by atoms with Crippen molar-refractivity contribution in [2.75, 3.05) is 5.73 Å². The van der Waals surface area contributed by atoms with Crippen LogP contribution in [0.5, 0.6) is 0 Å². The lowest BCUT2D eigenvalue weighted by atomic mass is 10.2. The Kier molecular flexibility index (Phi) is 2.25. The van der Waals surface area contributed by atoms with Crippen LogP contribution in [0.3, 0.4) is 0 Å². The van der Waals surface area contributed by atoms with E-state index in [9.17, 15) is 0 Å². The molecule has 0 aliphatic heterocycles. The zero-order chi connectivity index (χ0) is 9.42. The molecular formula is C8H5ClIN3. The van der Waals surface area contributed by atoms with Gasteiger partial charge in [-0.2, -0.15) is 0 Å². The molecule has 0 aliphatic rings. The first-order valence-corrected chi connectivity index (χ1v) is 5.00. The summed E-state index contributed by atoms with van der Waals surface area (Å²) >= 11 is 8.08. The summed E-state index contributed by atoms with van der Waals surface area (Å²) in [6.45, 7) is 0. The maximum absolute atomic E-state index is 5.93. The number of fused-ring (bicyclic) bond motifs is 1. The van der Waals surface area contributed by atoms with Gasteiger partial charge in [-0.25, -0.2) is 9.97 Å². The third-order valence-electron chi connectivity index (χ3n) is 1.64. The molecule has 2 N–H and O–H groups in total. The summed E-state index contributed by atoms with van der Waals surface area (Å²) < 4.78 is 0.963. The molecule has 0 bridgehead atoms. The summed E-state index contributed by atoms with van der Waals surface area (Å²) in [5.74, 6) is 0.283. The smallest absolute Gasteiger partial charge is 0.220 e. The lowest BCUT2D eigenvalue weighted by Crippen LogP contribution is -1.94. The second-order valence-electron chi connectivity index (χ2n) is 2.55. The Hall–Kier alpha value is -0.620. The number of anilines is 1. The number of benzene rings is 1. The molecule has 13 heavy (non-hydrogen) atoms. The molecule has 0 amide bonds. The number of nitrogens with two attached hydrogens (primary N) is 1. The molecule has 0 spiro atoms. The Labute approximate surface area is 93.5 Å². The van der Waals surface area contributed by atoms with Crippen LogP contribution in [0.2, 0.25) is 5.02 Å². The summed E-state index contributed by atoms with van der Waals surface area (Å²) in [4.78, 5) is 7.96. The Bertz CT molecular complexity index is 472. The molecule has 66 valence electrons. The molecule has 0 atom stereocenters. The number of nitrogens with zero attached hydrogens (tertiary/aromatic N) is 2. The molecule has 1 aromatic carbocycles. The van der Waals surface area contributed by atoms with Gasteiger partial charge < -0.3 is 5.73 Å². The highest BCUT2D eigenvalue weighted by Crippen LogP contribution is 2.23. The van der Waals surface area contributed by atoms with E-state index in [2.05, 4.69) is 32.6 Å². The van der Waals surface area contributed by atoms with Crippen molar-refractivity contribution in [3.63, 3.8) is 0 Å². The van der Waals surface area contributed by atoms with Gasteiger partial charge in [0.1, 0.15) is 0 Å². The molecular weight excluding hydrogens is 300 g/mol. The molecule has 2 aromatic rings. The number of rotatable bonds is 0. The van der Waals surface area contributed by atoms with Crippen molar-refractivity contribution in [3.8, 4) is 0 Å². The van der Waals surface area contributed by atoms with Gasteiger partial charge in [-0.1, -0.05) is 11.6 Å². The monoisotopic (exact) mass is 305 g/mol. The zero-order valence-corrected chi connectivity index (χ0v) is 9.37. The predicted octanol–water partition coefficient (Wildman–Crippen LogP) is 2.47.